The summed E-state index contributed by atoms with van der Waals surface area (Å²) in [6, 6.07) is 14.3. The minimum Gasteiger partial charge on any atom is -0.375 e. The molecule has 1 N–H and O–H groups in total. The Morgan fingerprint density at radius 2 is 1.96 bits per heavy atom. The number of hydrogen-bond acceptors (Lipinski definition) is 5. The Morgan fingerprint density at radius 1 is 1.13 bits per heavy atom. The summed E-state index contributed by atoms with van der Waals surface area (Å²) < 4.78 is 11.1. The largest absolute Gasteiger partial charge is 0.375 e. The van der Waals surface area contributed by atoms with Gasteiger partial charge in [0.15, 0.2) is 0 Å². The number of benzene rings is 2. The topological polar surface area (TPSA) is 60.2 Å². The predicted octanol–water partition coefficient (Wildman–Crippen LogP) is 3.36. The molecule has 0 radical (unpaired) electrons. The van der Waals surface area contributed by atoms with Gasteiger partial charge in [-0.3, -0.25) is 0 Å². The van der Waals surface area contributed by atoms with Crippen molar-refractivity contribution in [3.8, 4) is 11.4 Å². The third-order valence-corrected chi connectivity index (χ3v) is 4.05. The smallest absolute Gasteiger partial charge is 0.246 e. The fourth-order valence-electron chi connectivity index (χ4n) is 2.90. The average molecular weight is 332 g/mol. The summed E-state index contributed by atoms with van der Waals surface area (Å²) in [5.74, 6) is 1.20. The minimum absolute atomic E-state index is 0. The molecule has 0 amide bonds. The van der Waals surface area contributed by atoms with Crippen LogP contribution in [0.15, 0.2) is 47.0 Å². The molecule has 0 bridgehead atoms. The summed E-state index contributed by atoms with van der Waals surface area (Å²) in [7, 11) is 0. The first-order valence-corrected chi connectivity index (χ1v) is 7.49. The van der Waals surface area contributed by atoms with Crippen LogP contribution in [0.3, 0.4) is 0 Å². The first-order chi connectivity index (χ1) is 10.8. The van der Waals surface area contributed by atoms with Crippen LogP contribution >= 0.6 is 12.4 Å². The van der Waals surface area contributed by atoms with Gasteiger partial charge in [0.05, 0.1) is 12.7 Å². The molecule has 1 saturated heterocycles. The maximum absolute atomic E-state index is 5.64. The number of nitrogens with one attached hydrogen (secondary N) is 1. The summed E-state index contributed by atoms with van der Waals surface area (Å²) in [5, 5.41) is 9.82. The van der Waals surface area contributed by atoms with Crippen LogP contribution in [0.2, 0.25) is 0 Å². The van der Waals surface area contributed by atoms with Crippen molar-refractivity contribution in [1.82, 2.24) is 15.5 Å². The zero-order valence-electron chi connectivity index (χ0n) is 12.7. The van der Waals surface area contributed by atoms with Crippen molar-refractivity contribution in [2.45, 2.75) is 19.1 Å². The number of hydrogen-bond donors (Lipinski definition) is 1. The van der Waals surface area contributed by atoms with Crippen LogP contribution in [0, 0.1) is 0 Å². The van der Waals surface area contributed by atoms with E-state index in [-0.39, 0.29) is 24.6 Å². The lowest BCUT2D eigenvalue weighted by Crippen LogP contribution is -2.40. The number of morpholine rings is 1. The highest BCUT2D eigenvalue weighted by Gasteiger charge is 2.28. The zero-order chi connectivity index (χ0) is 14.9. The van der Waals surface area contributed by atoms with Crippen molar-refractivity contribution < 1.29 is 9.26 Å². The van der Waals surface area contributed by atoms with Crippen molar-refractivity contribution in [3.63, 3.8) is 0 Å². The van der Waals surface area contributed by atoms with E-state index in [1.807, 2.05) is 31.2 Å². The van der Waals surface area contributed by atoms with Gasteiger partial charge in [0.2, 0.25) is 11.7 Å². The highest BCUT2D eigenvalue weighted by molar-refractivity contribution is 5.94. The summed E-state index contributed by atoms with van der Waals surface area (Å²) in [6.45, 7) is 3.52. The van der Waals surface area contributed by atoms with E-state index in [0.717, 1.165) is 17.5 Å². The molecule has 2 heterocycles. The summed E-state index contributed by atoms with van der Waals surface area (Å²) in [4.78, 5) is 4.58. The average Bonchev–Trinajstić information content (AvgIpc) is 3.04. The molecule has 3 aromatic rings. The van der Waals surface area contributed by atoms with Crippen molar-refractivity contribution in [2.75, 3.05) is 13.2 Å². The molecule has 0 unspecified atom stereocenters. The van der Waals surface area contributed by atoms with Crippen LogP contribution in [0.4, 0.5) is 0 Å². The number of fused-ring (bicyclic) bond motifs is 1. The van der Waals surface area contributed by atoms with Crippen LogP contribution in [-0.4, -0.2) is 29.4 Å². The summed E-state index contributed by atoms with van der Waals surface area (Å²) >= 11 is 0. The van der Waals surface area contributed by atoms with E-state index >= 15 is 0 Å². The third kappa shape index (κ3) is 2.95. The van der Waals surface area contributed by atoms with Gasteiger partial charge in [-0.05, 0) is 17.7 Å². The van der Waals surface area contributed by atoms with E-state index in [2.05, 4.69) is 33.7 Å². The SMILES string of the molecule is C[C@H]1OCCN[C@@H]1c1nc(-c2cccc3ccccc23)no1.Cl. The highest BCUT2D eigenvalue weighted by Crippen LogP contribution is 2.28. The fourth-order valence-corrected chi connectivity index (χ4v) is 2.90. The fraction of sp³-hybridized carbons (Fsp3) is 0.294. The monoisotopic (exact) mass is 331 g/mol. The Kier molecular flexibility index (Phi) is 4.61. The van der Waals surface area contributed by atoms with Crippen LogP contribution in [-0.2, 0) is 4.74 Å². The maximum Gasteiger partial charge on any atom is 0.246 e. The van der Waals surface area contributed by atoms with E-state index in [9.17, 15) is 0 Å². The van der Waals surface area contributed by atoms with Crippen molar-refractivity contribution in [2.24, 2.45) is 0 Å². The summed E-state index contributed by atoms with van der Waals surface area (Å²) in [6.07, 6.45) is 0.0227. The molecule has 1 aliphatic heterocycles. The molecule has 5 nitrogen and oxygen atoms in total. The predicted molar refractivity (Wildman–Crippen MR) is 90.6 cm³/mol. The molecule has 0 aliphatic carbocycles. The maximum atomic E-state index is 5.64. The molecular formula is C17H18ClN3O2. The Morgan fingerprint density at radius 3 is 2.83 bits per heavy atom. The van der Waals surface area contributed by atoms with Gasteiger partial charge in [-0.1, -0.05) is 47.6 Å². The van der Waals surface area contributed by atoms with E-state index in [4.69, 9.17) is 9.26 Å². The second-order valence-corrected chi connectivity index (χ2v) is 5.49. The number of ether oxygens (including phenoxy) is 1. The lowest BCUT2D eigenvalue weighted by atomic mass is 10.0. The second-order valence-electron chi connectivity index (χ2n) is 5.49. The van der Waals surface area contributed by atoms with E-state index in [1.54, 1.807) is 0 Å². The first-order valence-electron chi connectivity index (χ1n) is 7.49. The van der Waals surface area contributed by atoms with Crippen LogP contribution < -0.4 is 5.32 Å². The van der Waals surface area contributed by atoms with Crippen molar-refractivity contribution in [1.29, 1.82) is 0 Å². The zero-order valence-corrected chi connectivity index (χ0v) is 13.5. The Hall–Kier alpha value is -1.95. The molecular weight excluding hydrogens is 314 g/mol. The van der Waals surface area contributed by atoms with Gasteiger partial charge in [0, 0.05) is 12.1 Å². The molecule has 23 heavy (non-hydrogen) atoms. The number of halogens is 1. The Labute approximate surface area is 140 Å². The molecule has 6 heteroatoms. The molecule has 1 fully saturated rings. The molecule has 1 aliphatic rings. The van der Waals surface area contributed by atoms with Gasteiger partial charge in [0.1, 0.15) is 6.04 Å². The van der Waals surface area contributed by atoms with Crippen LogP contribution in [0.5, 0.6) is 0 Å². The number of nitrogens with zero attached hydrogens (tertiary/aromatic N) is 2. The van der Waals surface area contributed by atoms with Gasteiger partial charge in [-0.25, -0.2) is 0 Å². The van der Waals surface area contributed by atoms with Gasteiger partial charge >= 0.3 is 0 Å². The van der Waals surface area contributed by atoms with E-state index in [0.29, 0.717) is 18.3 Å². The molecule has 0 spiro atoms. The van der Waals surface area contributed by atoms with Crippen LogP contribution in [0.1, 0.15) is 18.9 Å². The van der Waals surface area contributed by atoms with Gasteiger partial charge in [-0.2, -0.15) is 4.98 Å². The van der Waals surface area contributed by atoms with Gasteiger partial charge in [-0.15, -0.1) is 12.4 Å². The molecule has 2 aromatic carbocycles. The molecule has 1 aromatic heterocycles. The van der Waals surface area contributed by atoms with E-state index in [1.165, 1.54) is 5.39 Å². The van der Waals surface area contributed by atoms with Crippen molar-refractivity contribution in [3.05, 3.63) is 48.4 Å². The van der Waals surface area contributed by atoms with Gasteiger partial charge < -0.3 is 14.6 Å². The standard InChI is InChI=1S/C17H17N3O2.ClH/c1-11-15(18-9-10-21-11)17-19-16(20-22-17)14-8-4-6-12-5-2-3-7-13(12)14;/h2-8,11,15,18H,9-10H2,1H3;1H/t11-,15+;/m1./s1. The molecule has 0 saturated carbocycles. The first kappa shape index (κ1) is 15.9. The second kappa shape index (κ2) is 6.66. The lowest BCUT2D eigenvalue weighted by Gasteiger charge is -2.27. The number of rotatable bonds is 2. The molecule has 2 atom stereocenters. The summed E-state index contributed by atoms with van der Waals surface area (Å²) in [5.41, 5.74) is 0.984. The minimum atomic E-state index is -0.0509. The molecule has 120 valence electrons. The van der Waals surface area contributed by atoms with Crippen molar-refractivity contribution >= 4 is 23.2 Å². The van der Waals surface area contributed by atoms with Crippen LogP contribution in [0.25, 0.3) is 22.2 Å². The Balaban J connectivity index is 0.00000156. The van der Waals surface area contributed by atoms with E-state index < -0.39 is 0 Å². The van der Waals surface area contributed by atoms with Gasteiger partial charge in [0.25, 0.3) is 0 Å². The molecule has 4 rings (SSSR count). The highest BCUT2D eigenvalue weighted by atomic mass is 35.5. The normalized spacial score (nSPS) is 21.1. The Bertz CT molecular complexity index is 800. The number of aromatic nitrogens is 2. The lowest BCUT2D eigenvalue weighted by molar-refractivity contribution is -0.00136. The third-order valence-electron chi connectivity index (χ3n) is 4.05. The quantitative estimate of drug-likeness (QED) is 0.780.